The molecule has 0 bridgehead atoms. The molecule has 0 unspecified atom stereocenters. The van der Waals surface area contributed by atoms with Gasteiger partial charge in [-0.3, -0.25) is 9.20 Å². The largest absolute Gasteiger partial charge is 0.495 e. The normalized spacial score (nSPS) is 14.7. The van der Waals surface area contributed by atoms with E-state index in [9.17, 15) is 18.0 Å². The fourth-order valence-electron chi connectivity index (χ4n) is 4.41. The Hall–Kier alpha value is -4.38. The van der Waals surface area contributed by atoms with Gasteiger partial charge in [0.05, 0.1) is 31.6 Å². The highest BCUT2D eigenvalue weighted by atomic mass is 32.2. The molecule has 4 aromatic rings. The highest BCUT2D eigenvalue weighted by molar-refractivity contribution is 8.00. The molecule has 0 spiro atoms. The first-order valence-electron chi connectivity index (χ1n) is 12.3. The maximum Gasteiger partial charge on any atom is 0.447 e. The van der Waals surface area contributed by atoms with E-state index in [0.29, 0.717) is 34.9 Å². The van der Waals surface area contributed by atoms with Crippen molar-refractivity contribution in [2.24, 2.45) is 0 Å². The molecular formula is C26H25F3N8O2S. The number of halogens is 3. The van der Waals surface area contributed by atoms with Gasteiger partial charge in [0.15, 0.2) is 5.65 Å². The van der Waals surface area contributed by atoms with Crippen LogP contribution < -0.4 is 20.7 Å². The number of amides is 1. The van der Waals surface area contributed by atoms with E-state index in [2.05, 4.69) is 42.9 Å². The summed E-state index contributed by atoms with van der Waals surface area (Å²) < 4.78 is 49.1. The smallest absolute Gasteiger partial charge is 0.447 e. The van der Waals surface area contributed by atoms with Gasteiger partial charge in [-0.15, -0.1) is 0 Å². The Kier molecular flexibility index (Phi) is 7.74. The Morgan fingerprint density at radius 2 is 2.12 bits per heavy atom. The number of hydrogen-bond donors (Lipinski definition) is 3. The molecule has 0 fully saturated rings. The van der Waals surface area contributed by atoms with Crippen molar-refractivity contribution in [1.29, 1.82) is 0 Å². The van der Waals surface area contributed by atoms with Crippen molar-refractivity contribution in [3.63, 3.8) is 0 Å². The summed E-state index contributed by atoms with van der Waals surface area (Å²) in [7, 11) is 3.00. The maximum atomic E-state index is 13.5. The van der Waals surface area contributed by atoms with Crippen molar-refractivity contribution in [2.75, 3.05) is 31.3 Å². The van der Waals surface area contributed by atoms with E-state index in [1.54, 1.807) is 36.5 Å². The number of nitrogens with zero attached hydrogens (tertiary/aromatic N) is 5. The van der Waals surface area contributed by atoms with Crippen LogP contribution in [0.25, 0.3) is 5.65 Å². The molecule has 1 aromatic carbocycles. The maximum absolute atomic E-state index is 13.5. The Labute approximate surface area is 231 Å². The number of methoxy groups -OCH3 is 1. The zero-order valence-corrected chi connectivity index (χ0v) is 22.4. The predicted molar refractivity (Wildman–Crippen MR) is 145 cm³/mol. The van der Waals surface area contributed by atoms with Gasteiger partial charge in [-0.1, -0.05) is 5.92 Å². The van der Waals surface area contributed by atoms with Crippen molar-refractivity contribution in [2.45, 2.75) is 36.0 Å². The number of pyridine rings is 1. The molecule has 3 N–H and O–H groups in total. The summed E-state index contributed by atoms with van der Waals surface area (Å²) in [6.45, 7) is 0.695. The number of benzene rings is 1. The standard InChI is InChI=1S/C26H25F3N8O2S/c1-30-24(38)16-7-9-18(21(13-16)39-2)31-11-3-5-20-25(40-26(27,28)29)36-12-4-6-19(23(36)35-20)34-17-8-10-22-32-15-33-37(22)14-17/h4,6-7,9,12-13,15,17,31,34H,8,10-11,14H2,1-2H3,(H,30,38)/t17-/m0/s1. The minimum absolute atomic E-state index is 0.0133. The van der Waals surface area contributed by atoms with Gasteiger partial charge in [0.25, 0.3) is 5.91 Å². The summed E-state index contributed by atoms with van der Waals surface area (Å²) in [6, 6.07) is 8.36. The summed E-state index contributed by atoms with van der Waals surface area (Å²) in [5.74, 6) is 6.73. The molecule has 1 aliphatic heterocycles. The number of aromatic nitrogens is 5. The number of imidazole rings is 1. The Morgan fingerprint density at radius 3 is 2.90 bits per heavy atom. The summed E-state index contributed by atoms with van der Waals surface area (Å²) in [5.41, 5.74) is -2.55. The number of carbonyl (C=O) groups excluding carboxylic acids is 1. The summed E-state index contributed by atoms with van der Waals surface area (Å²) in [5, 5.41) is 13.1. The van der Waals surface area contributed by atoms with Crippen LogP contribution in [0.2, 0.25) is 0 Å². The van der Waals surface area contributed by atoms with Crippen molar-refractivity contribution in [3.8, 4) is 17.6 Å². The van der Waals surface area contributed by atoms with E-state index in [1.807, 2.05) is 4.68 Å². The van der Waals surface area contributed by atoms with Crippen molar-refractivity contribution in [1.82, 2.24) is 29.5 Å². The molecule has 5 rings (SSSR count). The van der Waals surface area contributed by atoms with E-state index >= 15 is 0 Å². The molecule has 10 nitrogen and oxygen atoms in total. The molecule has 4 heterocycles. The Bertz CT molecular complexity index is 1600. The zero-order valence-electron chi connectivity index (χ0n) is 21.5. The Balaban J connectivity index is 1.39. The first-order valence-corrected chi connectivity index (χ1v) is 13.1. The van der Waals surface area contributed by atoms with Crippen LogP contribution >= 0.6 is 11.8 Å². The van der Waals surface area contributed by atoms with Crippen LogP contribution in [0.5, 0.6) is 5.75 Å². The van der Waals surface area contributed by atoms with Crippen LogP contribution in [-0.2, 0) is 13.0 Å². The van der Waals surface area contributed by atoms with Crippen LogP contribution in [-0.4, -0.2) is 62.3 Å². The molecule has 40 heavy (non-hydrogen) atoms. The molecule has 1 aliphatic rings. The minimum Gasteiger partial charge on any atom is -0.495 e. The summed E-state index contributed by atoms with van der Waals surface area (Å²) in [4.78, 5) is 20.6. The van der Waals surface area contributed by atoms with Crippen molar-refractivity contribution < 1.29 is 22.7 Å². The molecule has 0 saturated carbocycles. The topological polar surface area (TPSA) is 110 Å². The molecule has 1 amide bonds. The van der Waals surface area contributed by atoms with Gasteiger partial charge >= 0.3 is 5.51 Å². The minimum atomic E-state index is -4.53. The fourth-order valence-corrected chi connectivity index (χ4v) is 5.07. The molecule has 0 saturated heterocycles. The number of nitrogens with one attached hydrogen (secondary N) is 3. The molecule has 1 atom stereocenters. The zero-order chi connectivity index (χ0) is 28.3. The lowest BCUT2D eigenvalue weighted by Gasteiger charge is -2.24. The number of fused-ring (bicyclic) bond motifs is 2. The third kappa shape index (κ3) is 5.94. The number of thioether (sulfide) groups is 1. The highest BCUT2D eigenvalue weighted by Crippen LogP contribution is 2.39. The highest BCUT2D eigenvalue weighted by Gasteiger charge is 2.33. The first-order chi connectivity index (χ1) is 19.3. The lowest BCUT2D eigenvalue weighted by atomic mass is 10.1. The van der Waals surface area contributed by atoms with Crippen molar-refractivity contribution >= 4 is 34.7 Å². The second-order valence-electron chi connectivity index (χ2n) is 8.82. The van der Waals surface area contributed by atoms with Crippen LogP contribution in [0, 0.1) is 11.8 Å². The summed E-state index contributed by atoms with van der Waals surface area (Å²) >= 11 is -0.253. The number of anilines is 2. The van der Waals surface area contributed by atoms with Gasteiger partial charge in [0, 0.05) is 43.0 Å². The lowest BCUT2D eigenvalue weighted by Crippen LogP contribution is -2.32. The van der Waals surface area contributed by atoms with Gasteiger partial charge in [-0.05, 0) is 42.7 Å². The van der Waals surface area contributed by atoms with Crippen molar-refractivity contribution in [3.05, 3.63) is 59.9 Å². The average molecular weight is 571 g/mol. The fraction of sp³-hybridized carbons (Fsp3) is 0.308. The number of alkyl halides is 3. The van der Waals surface area contributed by atoms with E-state index < -0.39 is 5.51 Å². The monoisotopic (exact) mass is 570 g/mol. The van der Waals surface area contributed by atoms with E-state index in [1.165, 1.54) is 24.9 Å². The molecule has 0 radical (unpaired) electrons. The predicted octanol–water partition coefficient (Wildman–Crippen LogP) is 3.80. The van der Waals surface area contributed by atoms with Gasteiger partial charge in [0.2, 0.25) is 0 Å². The van der Waals surface area contributed by atoms with Gasteiger partial charge in [-0.2, -0.15) is 18.3 Å². The Morgan fingerprint density at radius 1 is 1.27 bits per heavy atom. The third-order valence-corrected chi connectivity index (χ3v) is 7.06. The average Bonchev–Trinajstić information content (AvgIpc) is 3.54. The molecule has 0 aliphatic carbocycles. The van der Waals surface area contributed by atoms with E-state index in [4.69, 9.17) is 4.74 Å². The third-order valence-electron chi connectivity index (χ3n) is 6.25. The number of aryl methyl sites for hydroxylation is 1. The number of carbonyl (C=O) groups is 1. The van der Waals surface area contributed by atoms with Crippen LogP contribution in [0.4, 0.5) is 24.5 Å². The number of hydrogen-bond acceptors (Lipinski definition) is 8. The van der Waals surface area contributed by atoms with Crippen LogP contribution in [0.15, 0.2) is 47.9 Å². The second kappa shape index (κ2) is 11.4. The van der Waals surface area contributed by atoms with E-state index in [-0.39, 0.29) is 41.0 Å². The molecular weight excluding hydrogens is 545 g/mol. The molecule has 208 valence electrons. The van der Waals surface area contributed by atoms with Gasteiger partial charge in [-0.25, -0.2) is 14.6 Å². The molecule has 14 heteroatoms. The quantitative estimate of drug-likeness (QED) is 0.228. The van der Waals surface area contributed by atoms with Gasteiger partial charge in [0.1, 0.15) is 28.6 Å². The second-order valence-corrected chi connectivity index (χ2v) is 9.87. The van der Waals surface area contributed by atoms with E-state index in [0.717, 1.165) is 18.7 Å². The first kappa shape index (κ1) is 27.2. The lowest BCUT2D eigenvalue weighted by molar-refractivity contribution is -0.0330. The SMILES string of the molecule is CNC(=O)c1ccc(NCC#Cc2nc3c(N[C@H]4CCc5ncnn5C4)cccn3c2SC(F)(F)F)c(OC)c1. The van der Waals surface area contributed by atoms with Crippen LogP contribution in [0.3, 0.4) is 0 Å². The molecule has 3 aromatic heterocycles. The van der Waals surface area contributed by atoms with Gasteiger partial charge < -0.3 is 20.7 Å². The number of rotatable bonds is 7. The van der Waals surface area contributed by atoms with Crippen LogP contribution in [0.1, 0.15) is 28.3 Å². The number of ether oxygens (including phenoxy) is 1. The summed E-state index contributed by atoms with van der Waals surface area (Å²) in [6.07, 6.45) is 4.60.